The summed E-state index contributed by atoms with van der Waals surface area (Å²) in [7, 11) is 0. The van der Waals surface area contributed by atoms with Crippen molar-refractivity contribution in [2.75, 3.05) is 11.4 Å². The van der Waals surface area contributed by atoms with Crippen LogP contribution in [-0.4, -0.2) is 33.6 Å². The fourth-order valence-electron chi connectivity index (χ4n) is 3.48. The standard InChI is InChI=1S/C14H19N3O2/c18-13(19)11-7-8-15-14(16-11)17-9-3-6-12(17)10-4-1-2-5-10/h7-8,10,12H,1-6,9H2,(H,18,19). The number of carboxylic acids is 1. The number of carbonyl (C=O) groups is 1. The van der Waals surface area contributed by atoms with Gasteiger partial charge in [-0.05, 0) is 37.7 Å². The van der Waals surface area contributed by atoms with Crippen molar-refractivity contribution in [3.8, 4) is 0 Å². The van der Waals surface area contributed by atoms with Gasteiger partial charge in [0.2, 0.25) is 5.95 Å². The Morgan fingerprint density at radius 2 is 2.05 bits per heavy atom. The van der Waals surface area contributed by atoms with Crippen LogP contribution in [0.4, 0.5) is 5.95 Å². The van der Waals surface area contributed by atoms with E-state index in [0.717, 1.165) is 18.9 Å². The van der Waals surface area contributed by atoms with Crippen LogP contribution < -0.4 is 4.90 Å². The van der Waals surface area contributed by atoms with Crippen LogP contribution in [0.25, 0.3) is 0 Å². The molecule has 5 nitrogen and oxygen atoms in total. The smallest absolute Gasteiger partial charge is 0.354 e. The molecule has 0 aromatic carbocycles. The second-order valence-corrected chi connectivity index (χ2v) is 5.49. The van der Waals surface area contributed by atoms with Gasteiger partial charge in [-0.15, -0.1) is 0 Å². The summed E-state index contributed by atoms with van der Waals surface area (Å²) in [4.78, 5) is 21.7. The van der Waals surface area contributed by atoms with Crippen LogP contribution in [0.2, 0.25) is 0 Å². The Kier molecular flexibility index (Phi) is 3.36. The molecule has 2 aliphatic rings. The molecule has 1 aliphatic carbocycles. The first kappa shape index (κ1) is 12.4. The van der Waals surface area contributed by atoms with E-state index in [-0.39, 0.29) is 5.69 Å². The third-order valence-electron chi connectivity index (χ3n) is 4.36. The first-order valence-corrected chi connectivity index (χ1v) is 7.08. The first-order valence-electron chi connectivity index (χ1n) is 7.08. The van der Waals surface area contributed by atoms with Crippen molar-refractivity contribution >= 4 is 11.9 Å². The van der Waals surface area contributed by atoms with Crippen molar-refractivity contribution in [2.24, 2.45) is 5.92 Å². The van der Waals surface area contributed by atoms with Crippen molar-refractivity contribution in [1.82, 2.24) is 9.97 Å². The Balaban J connectivity index is 1.83. The van der Waals surface area contributed by atoms with E-state index in [9.17, 15) is 4.79 Å². The predicted molar refractivity (Wildman–Crippen MR) is 71.3 cm³/mol. The summed E-state index contributed by atoms with van der Waals surface area (Å²) in [5, 5.41) is 9.02. The van der Waals surface area contributed by atoms with E-state index in [1.165, 1.54) is 38.2 Å². The minimum atomic E-state index is -0.986. The van der Waals surface area contributed by atoms with Gasteiger partial charge in [0.1, 0.15) is 0 Å². The fraction of sp³-hybridized carbons (Fsp3) is 0.643. The molecular weight excluding hydrogens is 242 g/mol. The molecule has 5 heteroatoms. The van der Waals surface area contributed by atoms with Gasteiger partial charge in [0.25, 0.3) is 0 Å². The molecule has 0 bridgehead atoms. The van der Waals surface area contributed by atoms with Crippen LogP contribution in [0, 0.1) is 5.92 Å². The average Bonchev–Trinajstić information content (AvgIpc) is 3.09. The van der Waals surface area contributed by atoms with Crippen molar-refractivity contribution in [1.29, 1.82) is 0 Å². The Labute approximate surface area is 112 Å². The zero-order chi connectivity index (χ0) is 13.2. The van der Waals surface area contributed by atoms with Crippen molar-refractivity contribution in [3.05, 3.63) is 18.0 Å². The molecule has 1 N–H and O–H groups in total. The molecule has 3 rings (SSSR count). The molecule has 2 heterocycles. The molecule has 1 saturated carbocycles. The van der Waals surface area contributed by atoms with Crippen LogP contribution in [0.15, 0.2) is 12.3 Å². The third kappa shape index (κ3) is 2.41. The minimum absolute atomic E-state index is 0.0853. The topological polar surface area (TPSA) is 66.3 Å². The number of rotatable bonds is 3. The maximum absolute atomic E-state index is 11.0. The molecule has 19 heavy (non-hydrogen) atoms. The summed E-state index contributed by atoms with van der Waals surface area (Å²) in [6, 6.07) is 1.96. The highest BCUT2D eigenvalue weighted by Gasteiger charge is 2.34. The van der Waals surface area contributed by atoms with Crippen LogP contribution in [0.1, 0.15) is 49.0 Å². The molecule has 2 fully saturated rings. The van der Waals surface area contributed by atoms with Gasteiger partial charge in [0.05, 0.1) is 0 Å². The Morgan fingerprint density at radius 3 is 2.79 bits per heavy atom. The summed E-state index contributed by atoms with van der Waals surface area (Å²) in [6.45, 7) is 0.949. The maximum atomic E-state index is 11.0. The van der Waals surface area contributed by atoms with Gasteiger partial charge in [0, 0.05) is 18.8 Å². The van der Waals surface area contributed by atoms with Gasteiger partial charge in [-0.3, -0.25) is 0 Å². The van der Waals surface area contributed by atoms with E-state index in [0.29, 0.717) is 12.0 Å². The van der Waals surface area contributed by atoms with E-state index < -0.39 is 5.97 Å². The van der Waals surface area contributed by atoms with Crippen LogP contribution in [0.3, 0.4) is 0 Å². The minimum Gasteiger partial charge on any atom is -0.477 e. The number of carboxylic acid groups (broad SMARTS) is 1. The van der Waals surface area contributed by atoms with Gasteiger partial charge in [0.15, 0.2) is 5.69 Å². The van der Waals surface area contributed by atoms with Crippen molar-refractivity contribution in [2.45, 2.75) is 44.6 Å². The highest BCUT2D eigenvalue weighted by Crippen LogP contribution is 2.36. The normalized spacial score (nSPS) is 24.0. The number of anilines is 1. The molecule has 1 saturated heterocycles. The number of hydrogen-bond donors (Lipinski definition) is 1. The number of hydrogen-bond acceptors (Lipinski definition) is 4. The van der Waals surface area contributed by atoms with E-state index in [1.54, 1.807) is 6.20 Å². The molecule has 0 amide bonds. The van der Waals surface area contributed by atoms with Gasteiger partial charge >= 0.3 is 5.97 Å². The maximum Gasteiger partial charge on any atom is 0.354 e. The SMILES string of the molecule is O=C(O)c1ccnc(N2CCCC2C2CCCC2)n1. The lowest BCUT2D eigenvalue weighted by molar-refractivity contribution is 0.0690. The number of aromatic carboxylic acids is 1. The van der Waals surface area contributed by atoms with E-state index in [4.69, 9.17) is 5.11 Å². The monoisotopic (exact) mass is 261 g/mol. The Morgan fingerprint density at radius 1 is 1.26 bits per heavy atom. The Bertz CT molecular complexity index is 472. The lowest BCUT2D eigenvalue weighted by atomic mass is 9.96. The van der Waals surface area contributed by atoms with Crippen LogP contribution >= 0.6 is 0 Å². The van der Waals surface area contributed by atoms with Gasteiger partial charge in [-0.25, -0.2) is 14.8 Å². The lowest BCUT2D eigenvalue weighted by Gasteiger charge is -2.29. The lowest BCUT2D eigenvalue weighted by Crippen LogP contribution is -2.36. The molecule has 1 atom stereocenters. The quantitative estimate of drug-likeness (QED) is 0.904. The summed E-state index contributed by atoms with van der Waals surface area (Å²) < 4.78 is 0. The third-order valence-corrected chi connectivity index (χ3v) is 4.36. The van der Waals surface area contributed by atoms with E-state index in [1.807, 2.05) is 0 Å². The highest BCUT2D eigenvalue weighted by atomic mass is 16.4. The molecule has 1 unspecified atom stereocenters. The first-order chi connectivity index (χ1) is 9.25. The highest BCUT2D eigenvalue weighted by molar-refractivity contribution is 5.85. The largest absolute Gasteiger partial charge is 0.477 e. The second kappa shape index (κ2) is 5.15. The predicted octanol–water partition coefficient (Wildman–Crippen LogP) is 2.33. The zero-order valence-corrected chi connectivity index (χ0v) is 11.0. The molecule has 1 aliphatic heterocycles. The van der Waals surface area contributed by atoms with E-state index >= 15 is 0 Å². The van der Waals surface area contributed by atoms with Gasteiger partial charge in [-0.1, -0.05) is 12.8 Å². The number of aromatic nitrogens is 2. The van der Waals surface area contributed by atoms with Crippen molar-refractivity contribution in [3.63, 3.8) is 0 Å². The van der Waals surface area contributed by atoms with Gasteiger partial charge < -0.3 is 10.0 Å². The Hall–Kier alpha value is -1.65. The summed E-state index contributed by atoms with van der Waals surface area (Å²) in [5.41, 5.74) is 0.0853. The zero-order valence-electron chi connectivity index (χ0n) is 11.0. The molecule has 1 aromatic heterocycles. The van der Waals surface area contributed by atoms with Gasteiger partial charge in [-0.2, -0.15) is 0 Å². The molecule has 0 radical (unpaired) electrons. The molecule has 0 spiro atoms. The molecule has 102 valence electrons. The fourth-order valence-corrected chi connectivity index (χ4v) is 3.48. The summed E-state index contributed by atoms with van der Waals surface area (Å²) in [6.07, 6.45) is 9.12. The van der Waals surface area contributed by atoms with Crippen molar-refractivity contribution < 1.29 is 9.90 Å². The van der Waals surface area contributed by atoms with Crippen LogP contribution in [-0.2, 0) is 0 Å². The summed E-state index contributed by atoms with van der Waals surface area (Å²) >= 11 is 0. The molecular formula is C14H19N3O2. The van der Waals surface area contributed by atoms with Crippen LogP contribution in [0.5, 0.6) is 0 Å². The molecule has 1 aromatic rings. The summed E-state index contributed by atoms with van der Waals surface area (Å²) in [5.74, 6) is 0.342. The number of nitrogens with zero attached hydrogens (tertiary/aromatic N) is 3. The second-order valence-electron chi connectivity index (χ2n) is 5.49. The average molecular weight is 261 g/mol. The van der Waals surface area contributed by atoms with E-state index in [2.05, 4.69) is 14.9 Å².